The average Bonchev–Trinajstić information content (AvgIpc) is 3.41. The number of anilines is 2. The van der Waals surface area contributed by atoms with E-state index in [2.05, 4.69) is 20.6 Å². The Balaban J connectivity index is 1.41. The van der Waals surface area contributed by atoms with Crippen molar-refractivity contribution in [2.45, 2.75) is 37.5 Å². The molecule has 4 N–H and O–H groups in total. The lowest BCUT2D eigenvalue weighted by atomic mass is 9.99. The number of carbonyl (C=O) groups excluding carboxylic acids is 1. The highest BCUT2D eigenvalue weighted by Gasteiger charge is 2.40. The first kappa shape index (κ1) is 27.0. The smallest absolute Gasteiger partial charge is 0.408 e. The second-order valence-electron chi connectivity index (χ2n) is 8.75. The number of likely N-dealkylation sites (tertiary alicyclic amines) is 1. The number of nitrogens with two attached hydrogens (primary N) is 1. The van der Waals surface area contributed by atoms with Crippen LogP contribution in [-0.4, -0.2) is 46.2 Å². The summed E-state index contributed by atoms with van der Waals surface area (Å²) in [6.07, 6.45) is -2.28. The number of nitrogens with one attached hydrogen (secondary N) is 2. The molecule has 1 aromatic heterocycles. The third-order valence-electron chi connectivity index (χ3n) is 5.94. The highest BCUT2D eigenvalue weighted by atomic mass is 19.4. The summed E-state index contributed by atoms with van der Waals surface area (Å²) < 4.78 is 74.2. The van der Waals surface area contributed by atoms with Crippen molar-refractivity contribution in [1.82, 2.24) is 14.9 Å². The molecule has 4 rings (SSSR count). The average molecular weight is 537 g/mol. The van der Waals surface area contributed by atoms with Gasteiger partial charge in [-0.25, -0.2) is 23.5 Å². The van der Waals surface area contributed by atoms with E-state index in [1.54, 1.807) is 4.90 Å². The maximum Gasteiger partial charge on any atom is 0.408 e. The highest BCUT2D eigenvalue weighted by Crippen LogP contribution is 2.32. The van der Waals surface area contributed by atoms with Crippen molar-refractivity contribution in [1.29, 1.82) is 0 Å². The molecule has 2 amide bonds. The molecule has 0 aliphatic carbocycles. The monoisotopic (exact) mass is 536 g/mol. The molecule has 38 heavy (non-hydrogen) atoms. The highest BCUT2D eigenvalue weighted by molar-refractivity contribution is 5.88. The number of hydrogen-bond donors (Lipinski definition) is 3. The van der Waals surface area contributed by atoms with E-state index >= 15 is 0 Å². The van der Waals surface area contributed by atoms with E-state index in [9.17, 15) is 26.7 Å². The van der Waals surface area contributed by atoms with Gasteiger partial charge in [0.05, 0.1) is 0 Å². The number of carbonyl (C=O) groups is 1. The standard InChI is InChI=1S/C25H25F5N6O2/c26-16-4-6-17(7-5-16)34-21(25(28,29)30)12-19(31)15-3-8-20(18(27)11-15)38-23-13-22(32-14-33-23)35-24(37)36-9-1-2-10-36/h3-8,11,13-14,19,21,34H,1-2,9-10,12,31H2,(H,32,33,35,37). The zero-order valence-electron chi connectivity index (χ0n) is 20.0. The molecule has 1 saturated heterocycles. The van der Waals surface area contributed by atoms with Crippen molar-refractivity contribution in [3.63, 3.8) is 0 Å². The summed E-state index contributed by atoms with van der Waals surface area (Å²) in [4.78, 5) is 21.7. The van der Waals surface area contributed by atoms with Crippen LogP contribution in [0.1, 0.15) is 30.9 Å². The van der Waals surface area contributed by atoms with Crippen molar-refractivity contribution in [2.75, 3.05) is 23.7 Å². The molecule has 0 spiro atoms. The molecule has 1 aliphatic rings. The van der Waals surface area contributed by atoms with Gasteiger partial charge in [0.25, 0.3) is 0 Å². The van der Waals surface area contributed by atoms with Crippen LogP contribution in [0.3, 0.4) is 0 Å². The molecule has 0 radical (unpaired) electrons. The first-order chi connectivity index (χ1) is 18.1. The summed E-state index contributed by atoms with van der Waals surface area (Å²) >= 11 is 0. The SMILES string of the molecule is NC(CC(Nc1ccc(F)cc1)C(F)(F)F)c1ccc(Oc2cc(NC(=O)N3CCCC3)ncn2)c(F)c1. The lowest BCUT2D eigenvalue weighted by Crippen LogP contribution is -2.39. The lowest BCUT2D eigenvalue weighted by molar-refractivity contribution is -0.144. The number of ether oxygens (including phenoxy) is 1. The van der Waals surface area contributed by atoms with Gasteiger partial charge in [-0.15, -0.1) is 0 Å². The van der Waals surface area contributed by atoms with Gasteiger partial charge in [0.15, 0.2) is 11.6 Å². The summed E-state index contributed by atoms with van der Waals surface area (Å²) in [7, 11) is 0. The van der Waals surface area contributed by atoms with Crippen molar-refractivity contribution < 1.29 is 31.5 Å². The molecule has 2 atom stereocenters. The maximum atomic E-state index is 14.8. The molecule has 1 aliphatic heterocycles. The molecule has 202 valence electrons. The van der Waals surface area contributed by atoms with Crippen LogP contribution in [-0.2, 0) is 0 Å². The number of aromatic nitrogens is 2. The third-order valence-corrected chi connectivity index (χ3v) is 5.94. The largest absolute Gasteiger partial charge is 0.436 e. The Morgan fingerprint density at radius 3 is 2.42 bits per heavy atom. The van der Waals surface area contributed by atoms with E-state index in [1.165, 1.54) is 30.3 Å². The van der Waals surface area contributed by atoms with Gasteiger partial charge in [-0.2, -0.15) is 13.2 Å². The summed E-state index contributed by atoms with van der Waals surface area (Å²) in [5, 5.41) is 4.93. The molecule has 8 nitrogen and oxygen atoms in total. The molecular formula is C25H25F5N6O2. The fraction of sp³-hybridized carbons (Fsp3) is 0.320. The van der Waals surface area contributed by atoms with Gasteiger partial charge in [-0.1, -0.05) is 6.07 Å². The van der Waals surface area contributed by atoms with Crippen LogP contribution >= 0.6 is 0 Å². The zero-order chi connectivity index (χ0) is 27.3. The van der Waals surface area contributed by atoms with E-state index in [-0.39, 0.29) is 34.7 Å². The van der Waals surface area contributed by atoms with Gasteiger partial charge in [0, 0.05) is 30.9 Å². The molecular weight excluding hydrogens is 511 g/mol. The van der Waals surface area contributed by atoms with Gasteiger partial charge in [-0.3, -0.25) is 5.32 Å². The predicted octanol–water partition coefficient (Wildman–Crippen LogP) is 5.61. The summed E-state index contributed by atoms with van der Waals surface area (Å²) in [6.45, 7) is 1.29. The van der Waals surface area contributed by atoms with E-state index in [0.29, 0.717) is 13.1 Å². The molecule has 2 unspecified atom stereocenters. The topological polar surface area (TPSA) is 105 Å². The third kappa shape index (κ3) is 7.06. The molecule has 3 aromatic rings. The molecule has 0 saturated carbocycles. The number of amides is 2. The van der Waals surface area contributed by atoms with Gasteiger partial charge >= 0.3 is 12.2 Å². The van der Waals surface area contributed by atoms with Gasteiger partial charge < -0.3 is 20.7 Å². The van der Waals surface area contributed by atoms with Crippen molar-refractivity contribution in [3.8, 4) is 11.6 Å². The van der Waals surface area contributed by atoms with Crippen molar-refractivity contribution >= 4 is 17.5 Å². The lowest BCUT2D eigenvalue weighted by Gasteiger charge is -2.26. The van der Waals surface area contributed by atoms with Gasteiger partial charge in [0.2, 0.25) is 5.88 Å². The summed E-state index contributed by atoms with van der Waals surface area (Å²) in [5.41, 5.74) is 6.17. The quantitative estimate of drug-likeness (QED) is 0.324. The van der Waals surface area contributed by atoms with Crippen LogP contribution in [0.2, 0.25) is 0 Å². The number of benzene rings is 2. The fourth-order valence-corrected chi connectivity index (χ4v) is 3.93. The van der Waals surface area contributed by atoms with Crippen LogP contribution in [0.15, 0.2) is 54.9 Å². The Morgan fingerprint density at radius 2 is 1.76 bits per heavy atom. The molecule has 2 heterocycles. The number of hydrogen-bond acceptors (Lipinski definition) is 6. The molecule has 13 heteroatoms. The number of rotatable bonds is 8. The summed E-state index contributed by atoms with van der Waals surface area (Å²) in [5.74, 6) is -1.58. The normalized spacial score (nSPS) is 15.2. The zero-order valence-corrected chi connectivity index (χ0v) is 20.0. The Kier molecular flexibility index (Phi) is 8.25. The van der Waals surface area contributed by atoms with E-state index in [1.807, 2.05) is 0 Å². The number of halogens is 5. The Bertz CT molecular complexity index is 1250. The Hall–Kier alpha value is -4.00. The Labute approximate surface area is 215 Å². The minimum atomic E-state index is -4.66. The number of nitrogens with zero attached hydrogens (tertiary/aromatic N) is 3. The maximum absolute atomic E-state index is 14.8. The predicted molar refractivity (Wildman–Crippen MR) is 130 cm³/mol. The van der Waals surface area contributed by atoms with Gasteiger partial charge in [0.1, 0.15) is 24.0 Å². The van der Waals surface area contributed by atoms with E-state index in [0.717, 1.165) is 37.4 Å². The molecule has 2 aromatic carbocycles. The van der Waals surface area contributed by atoms with Crippen LogP contribution < -0.4 is 21.1 Å². The fourth-order valence-electron chi connectivity index (χ4n) is 3.93. The van der Waals surface area contributed by atoms with E-state index < -0.39 is 36.3 Å². The first-order valence-electron chi connectivity index (χ1n) is 11.8. The number of alkyl halides is 3. The molecule has 0 bridgehead atoms. The van der Waals surface area contributed by atoms with Crippen molar-refractivity contribution in [2.24, 2.45) is 5.73 Å². The summed E-state index contributed by atoms with van der Waals surface area (Å²) in [6, 6.07) is 5.77. The minimum absolute atomic E-state index is 0.0479. The van der Waals surface area contributed by atoms with Crippen molar-refractivity contribution in [3.05, 3.63) is 72.1 Å². The van der Waals surface area contributed by atoms with Crippen LogP contribution in [0, 0.1) is 11.6 Å². The van der Waals surface area contributed by atoms with E-state index in [4.69, 9.17) is 10.5 Å². The minimum Gasteiger partial charge on any atom is -0.436 e. The Morgan fingerprint density at radius 1 is 1.05 bits per heavy atom. The first-order valence-corrected chi connectivity index (χ1v) is 11.8. The second-order valence-corrected chi connectivity index (χ2v) is 8.75. The molecule has 1 fully saturated rings. The van der Waals surface area contributed by atoms with Crippen LogP contribution in [0.25, 0.3) is 0 Å². The van der Waals surface area contributed by atoms with Crippen LogP contribution in [0.4, 0.5) is 38.3 Å². The van der Waals surface area contributed by atoms with Gasteiger partial charge in [-0.05, 0) is 61.2 Å². The number of urea groups is 1. The second kappa shape index (κ2) is 11.6. The van der Waals surface area contributed by atoms with Crippen LogP contribution in [0.5, 0.6) is 11.6 Å².